The summed E-state index contributed by atoms with van der Waals surface area (Å²) in [4.78, 5) is 6.52. The van der Waals surface area contributed by atoms with Crippen molar-refractivity contribution in [3.8, 4) is 12.1 Å². The summed E-state index contributed by atoms with van der Waals surface area (Å²) in [6.07, 6.45) is 2.89. The minimum absolute atomic E-state index is 0.0176. The lowest BCUT2D eigenvalue weighted by atomic mass is 10.0. The lowest BCUT2D eigenvalue weighted by molar-refractivity contribution is -0.0328. The predicted molar refractivity (Wildman–Crippen MR) is 71.2 cm³/mol. The molecule has 19 heavy (non-hydrogen) atoms. The number of thiazole rings is 1. The fourth-order valence-corrected chi connectivity index (χ4v) is 2.84. The number of nitriles is 2. The van der Waals surface area contributed by atoms with Gasteiger partial charge in [-0.1, -0.05) is 0 Å². The van der Waals surface area contributed by atoms with Gasteiger partial charge in [-0.15, -0.1) is 11.3 Å². The smallest absolute Gasteiger partial charge is 0.123 e. The molecule has 0 bridgehead atoms. The van der Waals surface area contributed by atoms with Gasteiger partial charge >= 0.3 is 0 Å². The zero-order valence-electron chi connectivity index (χ0n) is 10.7. The first kappa shape index (κ1) is 14.0. The number of nitrogens with zero attached hydrogens (tertiary/aromatic N) is 4. The first-order chi connectivity index (χ1) is 9.33. The molecule has 1 aliphatic rings. The van der Waals surface area contributed by atoms with Crippen LogP contribution in [0.3, 0.4) is 0 Å². The van der Waals surface area contributed by atoms with Crippen LogP contribution in [-0.4, -0.2) is 36.1 Å². The minimum atomic E-state index is -0.0744. The number of hydrogen-bond donors (Lipinski definition) is 0. The number of ether oxygens (including phenoxy) is 1. The van der Waals surface area contributed by atoms with Crippen molar-refractivity contribution in [2.75, 3.05) is 26.2 Å². The van der Waals surface area contributed by atoms with E-state index >= 15 is 0 Å². The predicted octanol–water partition coefficient (Wildman–Crippen LogP) is 1.96. The quantitative estimate of drug-likeness (QED) is 0.822. The molecular formula is C13H16N4OS. The van der Waals surface area contributed by atoms with Crippen LogP contribution in [0.4, 0.5) is 0 Å². The Morgan fingerprint density at radius 3 is 3.16 bits per heavy atom. The van der Waals surface area contributed by atoms with Crippen molar-refractivity contribution in [1.29, 1.82) is 10.5 Å². The van der Waals surface area contributed by atoms with Gasteiger partial charge in [-0.05, 0) is 6.42 Å². The van der Waals surface area contributed by atoms with Crippen molar-refractivity contribution in [3.05, 3.63) is 16.6 Å². The highest BCUT2D eigenvalue weighted by molar-refractivity contribution is 7.09. The van der Waals surface area contributed by atoms with E-state index in [0.717, 1.165) is 18.1 Å². The molecule has 0 radical (unpaired) electrons. The van der Waals surface area contributed by atoms with Gasteiger partial charge in [0.1, 0.15) is 11.1 Å². The zero-order chi connectivity index (χ0) is 13.5. The van der Waals surface area contributed by atoms with Gasteiger partial charge in [-0.2, -0.15) is 10.5 Å². The summed E-state index contributed by atoms with van der Waals surface area (Å²) in [5.41, 5.74) is 0. The lowest BCUT2D eigenvalue weighted by Crippen LogP contribution is -2.40. The van der Waals surface area contributed by atoms with Gasteiger partial charge in [0.2, 0.25) is 0 Å². The van der Waals surface area contributed by atoms with Crippen LogP contribution in [0.15, 0.2) is 11.6 Å². The van der Waals surface area contributed by atoms with Gasteiger partial charge < -0.3 is 4.74 Å². The molecule has 1 aromatic rings. The summed E-state index contributed by atoms with van der Waals surface area (Å²) in [6.45, 7) is 2.99. The van der Waals surface area contributed by atoms with E-state index in [9.17, 15) is 0 Å². The highest BCUT2D eigenvalue weighted by Gasteiger charge is 2.25. The number of aromatic nitrogens is 1. The van der Waals surface area contributed by atoms with E-state index in [1.807, 2.05) is 5.38 Å². The van der Waals surface area contributed by atoms with E-state index in [4.69, 9.17) is 15.3 Å². The maximum atomic E-state index is 9.11. The first-order valence-corrected chi connectivity index (χ1v) is 7.21. The molecule has 1 aliphatic heterocycles. The van der Waals surface area contributed by atoms with Gasteiger partial charge in [0.15, 0.2) is 0 Å². The van der Waals surface area contributed by atoms with Crippen molar-refractivity contribution in [3.63, 3.8) is 0 Å². The van der Waals surface area contributed by atoms with E-state index < -0.39 is 0 Å². The third-order valence-corrected chi connectivity index (χ3v) is 4.01. The fourth-order valence-electron chi connectivity index (χ4n) is 2.16. The van der Waals surface area contributed by atoms with Crippen LogP contribution >= 0.6 is 11.3 Å². The van der Waals surface area contributed by atoms with E-state index in [0.29, 0.717) is 26.0 Å². The van der Waals surface area contributed by atoms with E-state index in [2.05, 4.69) is 22.0 Å². The molecule has 0 saturated carbocycles. The Morgan fingerprint density at radius 2 is 2.47 bits per heavy atom. The number of rotatable bonds is 5. The SMILES string of the molecule is N#CCC[C@H](C#N)CN1CCO[C@@H](c2nccs2)C1. The van der Waals surface area contributed by atoms with Gasteiger partial charge in [0.05, 0.1) is 24.7 Å². The van der Waals surface area contributed by atoms with E-state index in [1.165, 1.54) is 0 Å². The molecule has 1 saturated heterocycles. The van der Waals surface area contributed by atoms with E-state index in [1.54, 1.807) is 17.5 Å². The van der Waals surface area contributed by atoms with Gasteiger partial charge in [-0.3, -0.25) is 4.90 Å². The molecule has 0 unspecified atom stereocenters. The molecule has 1 fully saturated rings. The minimum Gasteiger partial charge on any atom is -0.368 e. The Kier molecular flexibility index (Phi) is 5.29. The van der Waals surface area contributed by atoms with Crippen molar-refractivity contribution < 1.29 is 4.74 Å². The molecule has 6 heteroatoms. The van der Waals surface area contributed by atoms with Crippen LogP contribution in [0.2, 0.25) is 0 Å². The normalized spacial score (nSPS) is 21.5. The second-order valence-electron chi connectivity index (χ2n) is 4.51. The van der Waals surface area contributed by atoms with Crippen molar-refractivity contribution in [2.45, 2.75) is 18.9 Å². The summed E-state index contributed by atoms with van der Waals surface area (Å²) in [5.74, 6) is -0.0744. The molecule has 0 aliphatic carbocycles. The molecule has 1 aromatic heterocycles. The molecule has 0 aromatic carbocycles. The van der Waals surface area contributed by atoms with Crippen molar-refractivity contribution >= 4 is 11.3 Å². The molecule has 0 N–H and O–H groups in total. The van der Waals surface area contributed by atoms with Gasteiger partial charge in [0.25, 0.3) is 0 Å². The van der Waals surface area contributed by atoms with Gasteiger partial charge in [0, 0.05) is 37.6 Å². The lowest BCUT2D eigenvalue weighted by Gasteiger charge is -2.32. The average Bonchev–Trinajstić information content (AvgIpc) is 2.98. The molecule has 100 valence electrons. The standard InChI is InChI=1S/C13H16N4OS/c14-3-1-2-11(8-15)9-17-5-6-18-12(10-17)13-16-4-7-19-13/h4,7,11-12H,1-2,5-6,9-10H2/t11-,12-/m1/s1. The monoisotopic (exact) mass is 276 g/mol. The van der Waals surface area contributed by atoms with Crippen LogP contribution in [0, 0.1) is 28.6 Å². The summed E-state index contributed by atoms with van der Waals surface area (Å²) >= 11 is 1.60. The third kappa shape index (κ3) is 4.00. The summed E-state index contributed by atoms with van der Waals surface area (Å²) < 4.78 is 5.72. The summed E-state index contributed by atoms with van der Waals surface area (Å²) in [6, 6.07) is 4.39. The van der Waals surface area contributed by atoms with Crippen LogP contribution in [0.25, 0.3) is 0 Å². The second kappa shape index (κ2) is 7.20. The van der Waals surface area contributed by atoms with Gasteiger partial charge in [-0.25, -0.2) is 4.98 Å². The Morgan fingerprint density at radius 1 is 1.58 bits per heavy atom. The topological polar surface area (TPSA) is 72.9 Å². The number of morpholine rings is 1. The maximum absolute atomic E-state index is 9.11. The Balaban J connectivity index is 1.87. The van der Waals surface area contributed by atoms with Crippen molar-refractivity contribution in [2.24, 2.45) is 5.92 Å². The first-order valence-electron chi connectivity index (χ1n) is 6.33. The highest BCUT2D eigenvalue weighted by Crippen LogP contribution is 2.24. The van der Waals surface area contributed by atoms with Crippen molar-refractivity contribution in [1.82, 2.24) is 9.88 Å². The Labute approximate surface area is 117 Å². The molecule has 5 nitrogen and oxygen atoms in total. The summed E-state index contributed by atoms with van der Waals surface area (Å²) in [7, 11) is 0. The molecule has 0 amide bonds. The third-order valence-electron chi connectivity index (χ3n) is 3.14. The molecule has 2 atom stereocenters. The fraction of sp³-hybridized carbons (Fsp3) is 0.615. The van der Waals surface area contributed by atoms with E-state index in [-0.39, 0.29) is 12.0 Å². The average molecular weight is 276 g/mol. The maximum Gasteiger partial charge on any atom is 0.123 e. The Hall–Kier alpha value is -1.47. The van der Waals surface area contributed by atoms with Crippen LogP contribution in [-0.2, 0) is 4.74 Å². The summed E-state index contributed by atoms with van der Waals surface area (Å²) in [5, 5.41) is 20.6. The molecular weight excluding hydrogens is 260 g/mol. The number of hydrogen-bond acceptors (Lipinski definition) is 6. The molecule has 0 spiro atoms. The highest BCUT2D eigenvalue weighted by atomic mass is 32.1. The largest absolute Gasteiger partial charge is 0.368 e. The second-order valence-corrected chi connectivity index (χ2v) is 5.44. The van der Waals surface area contributed by atoms with Crippen LogP contribution in [0.5, 0.6) is 0 Å². The van der Waals surface area contributed by atoms with Crippen LogP contribution in [0.1, 0.15) is 24.0 Å². The zero-order valence-corrected chi connectivity index (χ0v) is 11.5. The molecule has 2 heterocycles. The molecule has 2 rings (SSSR count). The van der Waals surface area contributed by atoms with Crippen LogP contribution < -0.4 is 0 Å². The Bertz CT molecular complexity index is 462.